The van der Waals surface area contributed by atoms with Crippen molar-refractivity contribution in [1.82, 2.24) is 9.78 Å². The molecule has 0 unspecified atom stereocenters. The third-order valence-electron chi connectivity index (χ3n) is 2.92. The van der Waals surface area contributed by atoms with Crippen LogP contribution < -0.4 is 5.32 Å². The second-order valence-corrected chi connectivity index (χ2v) is 6.72. The fourth-order valence-corrected chi connectivity index (χ4v) is 2.99. The third-order valence-corrected chi connectivity index (χ3v) is 4.54. The zero-order valence-electron chi connectivity index (χ0n) is 12.2. The van der Waals surface area contributed by atoms with Gasteiger partial charge >= 0.3 is 0 Å². The number of hydrogen-bond acceptors (Lipinski definition) is 3. The van der Waals surface area contributed by atoms with Crippen LogP contribution in [-0.4, -0.2) is 20.9 Å². The molecule has 4 nitrogen and oxygen atoms in total. The molecule has 1 amide bonds. The summed E-state index contributed by atoms with van der Waals surface area (Å²) in [6.45, 7) is 5.90. The molecule has 0 fully saturated rings. The van der Waals surface area contributed by atoms with Crippen molar-refractivity contribution in [3.63, 3.8) is 0 Å². The van der Waals surface area contributed by atoms with E-state index in [4.69, 9.17) is 11.6 Å². The van der Waals surface area contributed by atoms with E-state index in [0.717, 1.165) is 4.90 Å². The molecule has 1 N–H and O–H groups in total. The van der Waals surface area contributed by atoms with Crippen LogP contribution in [0, 0.1) is 0 Å². The van der Waals surface area contributed by atoms with E-state index in [-0.39, 0.29) is 17.2 Å². The van der Waals surface area contributed by atoms with Gasteiger partial charge in [-0.05, 0) is 32.9 Å². The monoisotopic (exact) mass is 323 g/mol. The van der Waals surface area contributed by atoms with Crippen LogP contribution >= 0.6 is 23.4 Å². The smallest absolute Gasteiger partial charge is 0.238 e. The quantitative estimate of drug-likeness (QED) is 0.837. The number of rotatable bonds is 5. The third kappa shape index (κ3) is 4.02. The highest BCUT2D eigenvalue weighted by Crippen LogP contribution is 2.30. The van der Waals surface area contributed by atoms with Crippen LogP contribution in [0.4, 0.5) is 5.82 Å². The molecule has 0 spiro atoms. The SMILES string of the molecule is CC(C)n1nccc1NC(=O)[C@H](C)Sc1ccccc1Cl. The van der Waals surface area contributed by atoms with E-state index in [2.05, 4.69) is 10.4 Å². The van der Waals surface area contributed by atoms with Crippen LogP contribution in [0.25, 0.3) is 0 Å². The number of nitrogens with one attached hydrogen (secondary N) is 1. The summed E-state index contributed by atoms with van der Waals surface area (Å²) in [5.41, 5.74) is 0. The highest BCUT2D eigenvalue weighted by molar-refractivity contribution is 8.00. The average molecular weight is 324 g/mol. The van der Waals surface area contributed by atoms with Crippen LogP contribution in [0.15, 0.2) is 41.4 Å². The van der Waals surface area contributed by atoms with Crippen LogP contribution in [0.5, 0.6) is 0 Å². The molecular weight excluding hydrogens is 306 g/mol. The number of halogens is 1. The number of nitrogens with zero attached hydrogens (tertiary/aromatic N) is 2. The van der Waals surface area contributed by atoms with Gasteiger partial charge in [0.05, 0.1) is 16.5 Å². The molecule has 0 radical (unpaired) electrons. The first-order valence-electron chi connectivity index (χ1n) is 6.74. The first kappa shape index (κ1) is 15.9. The lowest BCUT2D eigenvalue weighted by Gasteiger charge is -2.15. The van der Waals surface area contributed by atoms with Gasteiger partial charge in [0.15, 0.2) is 0 Å². The highest BCUT2D eigenvalue weighted by atomic mass is 35.5. The molecule has 112 valence electrons. The Morgan fingerprint density at radius 3 is 2.67 bits per heavy atom. The number of amides is 1. The molecule has 21 heavy (non-hydrogen) atoms. The molecule has 1 atom stereocenters. The zero-order chi connectivity index (χ0) is 15.4. The van der Waals surface area contributed by atoms with Gasteiger partial charge in [0, 0.05) is 17.0 Å². The normalized spacial score (nSPS) is 12.4. The number of anilines is 1. The number of hydrogen-bond donors (Lipinski definition) is 1. The number of carbonyl (C=O) groups excluding carboxylic acids is 1. The van der Waals surface area contributed by atoms with Crippen molar-refractivity contribution >= 4 is 35.1 Å². The molecule has 0 bridgehead atoms. The molecule has 2 rings (SSSR count). The summed E-state index contributed by atoms with van der Waals surface area (Å²) in [5.74, 6) is 0.643. The molecule has 1 heterocycles. The summed E-state index contributed by atoms with van der Waals surface area (Å²) >= 11 is 7.56. The largest absolute Gasteiger partial charge is 0.310 e. The first-order valence-corrected chi connectivity index (χ1v) is 8.00. The topological polar surface area (TPSA) is 46.9 Å². The number of benzene rings is 1. The number of aromatic nitrogens is 2. The second-order valence-electron chi connectivity index (χ2n) is 4.93. The van der Waals surface area contributed by atoms with Crippen molar-refractivity contribution in [3.8, 4) is 0 Å². The van der Waals surface area contributed by atoms with Crippen LogP contribution in [0.2, 0.25) is 5.02 Å². The van der Waals surface area contributed by atoms with E-state index in [1.165, 1.54) is 11.8 Å². The molecular formula is C15H18ClN3OS. The Bertz CT molecular complexity index is 627. The predicted octanol–water partition coefficient (Wildman–Crippen LogP) is 4.24. The van der Waals surface area contributed by atoms with E-state index < -0.39 is 0 Å². The van der Waals surface area contributed by atoms with Gasteiger partial charge in [-0.2, -0.15) is 5.10 Å². The lowest BCUT2D eigenvalue weighted by molar-refractivity contribution is -0.115. The zero-order valence-corrected chi connectivity index (χ0v) is 13.8. The Labute approximate surface area is 133 Å². The lowest BCUT2D eigenvalue weighted by Crippen LogP contribution is -2.24. The molecule has 0 saturated heterocycles. The molecule has 0 saturated carbocycles. The standard InChI is InChI=1S/C15H18ClN3OS/c1-10(2)19-14(8-9-17-19)18-15(20)11(3)21-13-7-5-4-6-12(13)16/h4-11H,1-3H3,(H,18,20)/t11-/m0/s1. The number of carbonyl (C=O) groups is 1. The summed E-state index contributed by atoms with van der Waals surface area (Å²) in [4.78, 5) is 13.2. The minimum absolute atomic E-state index is 0.0673. The van der Waals surface area contributed by atoms with E-state index in [1.807, 2.05) is 45.0 Å². The summed E-state index contributed by atoms with van der Waals surface area (Å²) in [7, 11) is 0. The van der Waals surface area contributed by atoms with Crippen LogP contribution in [-0.2, 0) is 4.79 Å². The predicted molar refractivity (Wildman–Crippen MR) is 88.0 cm³/mol. The van der Waals surface area contributed by atoms with Gasteiger partial charge in [-0.25, -0.2) is 4.68 Å². The van der Waals surface area contributed by atoms with Gasteiger partial charge < -0.3 is 5.32 Å². The van der Waals surface area contributed by atoms with Gasteiger partial charge in [-0.15, -0.1) is 11.8 Å². The fourth-order valence-electron chi connectivity index (χ4n) is 1.84. The molecule has 0 aliphatic carbocycles. The second kappa shape index (κ2) is 7.00. The summed E-state index contributed by atoms with van der Waals surface area (Å²) in [5, 5.41) is 7.52. The Balaban J connectivity index is 2.03. The maximum Gasteiger partial charge on any atom is 0.238 e. The van der Waals surface area contributed by atoms with Crippen LogP contribution in [0.1, 0.15) is 26.8 Å². The van der Waals surface area contributed by atoms with Crippen molar-refractivity contribution in [3.05, 3.63) is 41.6 Å². The average Bonchev–Trinajstić information content (AvgIpc) is 2.89. The molecule has 0 aliphatic heterocycles. The van der Waals surface area contributed by atoms with Crippen molar-refractivity contribution in [1.29, 1.82) is 0 Å². The van der Waals surface area contributed by atoms with Gasteiger partial charge in [0.25, 0.3) is 0 Å². The van der Waals surface area contributed by atoms with E-state index in [1.54, 1.807) is 16.9 Å². The van der Waals surface area contributed by atoms with Gasteiger partial charge in [-0.1, -0.05) is 23.7 Å². The van der Waals surface area contributed by atoms with E-state index in [9.17, 15) is 4.79 Å². The Morgan fingerprint density at radius 1 is 1.29 bits per heavy atom. The lowest BCUT2D eigenvalue weighted by atomic mass is 10.4. The van der Waals surface area contributed by atoms with Crippen molar-refractivity contribution in [2.24, 2.45) is 0 Å². The van der Waals surface area contributed by atoms with Crippen molar-refractivity contribution < 1.29 is 4.79 Å². The molecule has 0 aliphatic rings. The Kier molecular flexibility index (Phi) is 5.31. The van der Waals surface area contributed by atoms with Crippen molar-refractivity contribution in [2.75, 3.05) is 5.32 Å². The first-order chi connectivity index (χ1) is 9.99. The Morgan fingerprint density at radius 2 is 2.00 bits per heavy atom. The van der Waals surface area contributed by atoms with Gasteiger partial charge in [0.1, 0.15) is 5.82 Å². The van der Waals surface area contributed by atoms with Crippen molar-refractivity contribution in [2.45, 2.75) is 37.0 Å². The highest BCUT2D eigenvalue weighted by Gasteiger charge is 2.17. The van der Waals surface area contributed by atoms with Gasteiger partial charge in [0.2, 0.25) is 5.91 Å². The van der Waals surface area contributed by atoms with Gasteiger partial charge in [-0.3, -0.25) is 4.79 Å². The van der Waals surface area contributed by atoms with E-state index in [0.29, 0.717) is 10.8 Å². The fraction of sp³-hybridized carbons (Fsp3) is 0.333. The molecule has 1 aromatic heterocycles. The van der Waals surface area contributed by atoms with E-state index >= 15 is 0 Å². The minimum atomic E-state index is -0.250. The maximum absolute atomic E-state index is 12.3. The summed E-state index contributed by atoms with van der Waals surface area (Å²) < 4.78 is 1.78. The minimum Gasteiger partial charge on any atom is -0.310 e. The summed E-state index contributed by atoms with van der Waals surface area (Å²) in [6.07, 6.45) is 1.68. The van der Waals surface area contributed by atoms with Crippen LogP contribution in [0.3, 0.4) is 0 Å². The molecule has 1 aromatic carbocycles. The molecule has 2 aromatic rings. The summed E-state index contributed by atoms with van der Waals surface area (Å²) in [6, 6.07) is 9.51. The maximum atomic E-state index is 12.3. The Hall–Kier alpha value is -1.46. The number of thioether (sulfide) groups is 1. The molecule has 6 heteroatoms.